The molecule has 0 amide bonds. The summed E-state index contributed by atoms with van der Waals surface area (Å²) in [5.41, 5.74) is 0. The molecule has 0 radical (unpaired) electrons. The Balaban J connectivity index is 0.884. The Labute approximate surface area is 525 Å². The van der Waals surface area contributed by atoms with Crippen molar-refractivity contribution in [3.63, 3.8) is 0 Å². The predicted molar refractivity (Wildman–Crippen MR) is 278 cm³/mol. The van der Waals surface area contributed by atoms with Crippen LogP contribution in [0.2, 0.25) is 0 Å². The molecule has 42 heteroatoms. The highest BCUT2D eigenvalue weighted by atomic mass is 16.8. The highest BCUT2D eigenvalue weighted by Crippen LogP contribution is 2.37. The van der Waals surface area contributed by atoms with Crippen molar-refractivity contribution in [1.82, 2.24) is 0 Å². The molecule has 9 aliphatic heterocycles. The standard InChI is InChI=1S/C51H86O42/c1-10-19(56)26(63)35(72)46(83-10)92-42-29(66)22(59)13(2-52)85-51(42)93-41-21(58)12(55)5-78-50(41)82-9-18-40(31(68)38(75)49(89-18)90-39-14(3-53)84-43(76)32(69)30(39)67)91-48-37(74)28(65)24(61)16(88-48)7-80-45-34(71)25(62)17(8-81-45)87-47-36(73)27(64)23(60)15(86-47)6-79-44-33(70)20(57)11(54)4-77-44/h10-76H,2-9H2,1H3. The van der Waals surface area contributed by atoms with Gasteiger partial charge in [-0.3, -0.25) is 0 Å². The van der Waals surface area contributed by atoms with Gasteiger partial charge in [0.15, 0.2) is 56.6 Å². The van der Waals surface area contributed by atoms with Crippen LogP contribution in [-0.4, -0.2) is 439 Å². The van der Waals surface area contributed by atoms with E-state index in [0.29, 0.717) is 0 Å². The maximum absolute atomic E-state index is 11.9. The van der Waals surface area contributed by atoms with Gasteiger partial charge in [0.05, 0.1) is 59.0 Å². The topological polar surface area (TPSA) is 663 Å². The summed E-state index contributed by atoms with van der Waals surface area (Å²) in [6.45, 7) is -5.11. The van der Waals surface area contributed by atoms with Gasteiger partial charge in [-0.1, -0.05) is 0 Å². The van der Waals surface area contributed by atoms with Gasteiger partial charge in [0, 0.05) is 0 Å². The van der Waals surface area contributed by atoms with Crippen molar-refractivity contribution in [3.8, 4) is 0 Å². The van der Waals surface area contributed by atoms with E-state index in [2.05, 4.69) is 0 Å². The Bertz CT molecular complexity index is 2280. The van der Waals surface area contributed by atoms with Gasteiger partial charge in [-0.25, -0.2) is 0 Å². The first kappa shape index (κ1) is 75.5. The second-order valence-corrected chi connectivity index (χ2v) is 23.9. The third kappa shape index (κ3) is 16.2. The zero-order valence-corrected chi connectivity index (χ0v) is 49.0. The fraction of sp³-hybridized carbons (Fsp3) is 1.00. The van der Waals surface area contributed by atoms with Crippen LogP contribution in [0.25, 0.3) is 0 Å². The maximum atomic E-state index is 11.9. The SMILES string of the molecule is CC1OC(OC2C(OC3C(OCC4OC(OC5C(CO)OC(O)C(O)C5O)C(O)C(O)C4OC4OC(COC5OCC(OC6OC(COC7OCC(O)C(O)C7O)C(O)C(O)C6O)C(O)C5O)C(O)C(O)C4O)OCC(O)C3O)OC(CO)C(O)C2O)C(O)C(O)C1O. The molecule has 0 saturated carbocycles. The van der Waals surface area contributed by atoms with Crippen LogP contribution in [-0.2, 0) is 80.5 Å². The molecular weight excluding hydrogens is 1280 g/mol. The molecule has 0 aliphatic carbocycles. The third-order valence-electron chi connectivity index (χ3n) is 17.5. The molecule has 542 valence electrons. The summed E-state index contributed by atoms with van der Waals surface area (Å²) < 4.78 is 96.3. The lowest BCUT2D eigenvalue weighted by Crippen LogP contribution is -2.67. The van der Waals surface area contributed by atoms with Gasteiger partial charge in [-0.05, 0) is 6.92 Å². The number of hydrogen-bond donors (Lipinski definition) is 25. The van der Waals surface area contributed by atoms with Crippen LogP contribution in [0.5, 0.6) is 0 Å². The van der Waals surface area contributed by atoms with Crippen molar-refractivity contribution < 1.29 is 208 Å². The van der Waals surface area contributed by atoms with Crippen LogP contribution in [0.15, 0.2) is 0 Å². The van der Waals surface area contributed by atoms with Gasteiger partial charge in [-0.15, -0.1) is 0 Å². The van der Waals surface area contributed by atoms with E-state index in [9.17, 15) is 128 Å². The first-order chi connectivity index (χ1) is 44.0. The van der Waals surface area contributed by atoms with E-state index in [0.717, 1.165) is 0 Å². The van der Waals surface area contributed by atoms with Crippen LogP contribution in [0, 0.1) is 0 Å². The quantitative estimate of drug-likeness (QED) is 0.0507. The average Bonchev–Trinajstić information content (AvgIpc) is 0.822. The maximum Gasteiger partial charge on any atom is 0.187 e. The molecule has 42 unspecified atom stereocenters. The van der Waals surface area contributed by atoms with Crippen LogP contribution >= 0.6 is 0 Å². The summed E-state index contributed by atoms with van der Waals surface area (Å²) in [6, 6.07) is 0. The highest BCUT2D eigenvalue weighted by molar-refractivity contribution is 5.00. The Morgan fingerprint density at radius 2 is 0.634 bits per heavy atom. The number of aliphatic hydroxyl groups is 25. The second-order valence-electron chi connectivity index (χ2n) is 23.9. The van der Waals surface area contributed by atoms with Gasteiger partial charge in [0.1, 0.15) is 195 Å². The molecule has 42 nitrogen and oxygen atoms in total. The zero-order valence-electron chi connectivity index (χ0n) is 49.0. The first-order valence-electron chi connectivity index (χ1n) is 29.7. The summed E-state index contributed by atoms with van der Waals surface area (Å²) in [6.07, 6.45) is -80.4. The third-order valence-corrected chi connectivity index (χ3v) is 17.5. The smallest absolute Gasteiger partial charge is 0.187 e. The molecule has 9 heterocycles. The molecule has 0 aromatic rings. The lowest BCUT2D eigenvalue weighted by atomic mass is 9.96. The fourth-order valence-corrected chi connectivity index (χ4v) is 11.7. The zero-order chi connectivity index (χ0) is 67.9. The van der Waals surface area contributed by atoms with Crippen molar-refractivity contribution >= 4 is 0 Å². The summed E-state index contributed by atoms with van der Waals surface area (Å²) in [5.74, 6) is 0. The van der Waals surface area contributed by atoms with Crippen LogP contribution < -0.4 is 0 Å². The van der Waals surface area contributed by atoms with Crippen molar-refractivity contribution in [2.75, 3.05) is 52.9 Å². The minimum absolute atomic E-state index is 0.444. The van der Waals surface area contributed by atoms with Gasteiger partial charge < -0.3 is 208 Å². The molecule has 0 aromatic carbocycles. The molecular formula is C51H86O42. The normalized spacial score (nSPS) is 54.4. The van der Waals surface area contributed by atoms with Gasteiger partial charge in [0.25, 0.3) is 0 Å². The molecule has 93 heavy (non-hydrogen) atoms. The number of rotatable bonds is 21. The van der Waals surface area contributed by atoms with E-state index in [-0.39, 0.29) is 0 Å². The Morgan fingerprint density at radius 3 is 1.20 bits per heavy atom. The number of aliphatic hydroxyl groups excluding tert-OH is 25. The summed E-state index contributed by atoms with van der Waals surface area (Å²) in [7, 11) is 0. The molecule has 0 aromatic heterocycles. The molecule has 9 fully saturated rings. The highest BCUT2D eigenvalue weighted by Gasteiger charge is 2.58. The van der Waals surface area contributed by atoms with E-state index in [1.165, 1.54) is 6.92 Å². The number of ether oxygens (including phenoxy) is 17. The van der Waals surface area contributed by atoms with Crippen LogP contribution in [0.4, 0.5) is 0 Å². The van der Waals surface area contributed by atoms with Crippen LogP contribution in [0.3, 0.4) is 0 Å². The first-order valence-corrected chi connectivity index (χ1v) is 29.7. The molecule has 25 N–H and O–H groups in total. The predicted octanol–water partition coefficient (Wildman–Crippen LogP) is -17.7. The minimum Gasteiger partial charge on any atom is -0.394 e. The monoisotopic (exact) mass is 1370 g/mol. The molecule has 42 atom stereocenters. The van der Waals surface area contributed by atoms with Gasteiger partial charge >= 0.3 is 0 Å². The van der Waals surface area contributed by atoms with Crippen LogP contribution in [0.1, 0.15) is 6.92 Å². The summed E-state index contributed by atoms with van der Waals surface area (Å²) in [5, 5.41) is 269. The molecule has 0 bridgehead atoms. The molecule has 9 aliphatic rings. The van der Waals surface area contributed by atoms with Gasteiger partial charge in [-0.2, -0.15) is 0 Å². The van der Waals surface area contributed by atoms with E-state index < -0.39 is 311 Å². The lowest BCUT2D eigenvalue weighted by molar-refractivity contribution is -0.394. The Morgan fingerprint density at radius 1 is 0.269 bits per heavy atom. The van der Waals surface area contributed by atoms with Crippen molar-refractivity contribution in [3.05, 3.63) is 0 Å². The Hall–Kier alpha value is -1.68. The van der Waals surface area contributed by atoms with Crippen molar-refractivity contribution in [1.29, 1.82) is 0 Å². The number of hydrogen-bond acceptors (Lipinski definition) is 42. The van der Waals surface area contributed by atoms with E-state index in [1.54, 1.807) is 0 Å². The Kier molecular flexibility index (Phi) is 26.2. The molecule has 9 saturated heterocycles. The van der Waals surface area contributed by atoms with E-state index >= 15 is 0 Å². The largest absolute Gasteiger partial charge is 0.394 e. The molecule has 0 spiro atoms. The molecule has 9 rings (SSSR count). The minimum atomic E-state index is -2.33. The van der Waals surface area contributed by atoms with Gasteiger partial charge in [0.2, 0.25) is 0 Å². The fourth-order valence-electron chi connectivity index (χ4n) is 11.7. The lowest BCUT2D eigenvalue weighted by Gasteiger charge is -2.49. The van der Waals surface area contributed by atoms with E-state index in [1.807, 2.05) is 0 Å². The second kappa shape index (κ2) is 32.3. The van der Waals surface area contributed by atoms with Crippen molar-refractivity contribution in [2.45, 2.75) is 265 Å². The summed E-state index contributed by atoms with van der Waals surface area (Å²) in [4.78, 5) is 0. The van der Waals surface area contributed by atoms with Crippen molar-refractivity contribution in [2.24, 2.45) is 0 Å². The average molecular weight is 1370 g/mol. The van der Waals surface area contributed by atoms with E-state index in [4.69, 9.17) is 80.5 Å². The summed E-state index contributed by atoms with van der Waals surface area (Å²) >= 11 is 0.